The Kier molecular flexibility index (Phi) is 4.70. The zero-order valence-electron chi connectivity index (χ0n) is 14.6. The third kappa shape index (κ3) is 3.47. The first kappa shape index (κ1) is 17.7. The van der Waals surface area contributed by atoms with Gasteiger partial charge >= 0.3 is 0 Å². The molecule has 3 aromatic carbocycles. The summed E-state index contributed by atoms with van der Waals surface area (Å²) >= 11 is 0. The number of hydrogen-bond donors (Lipinski definition) is 3. The zero-order valence-corrected chi connectivity index (χ0v) is 15.4. The Morgan fingerprint density at radius 1 is 0.926 bits per heavy atom. The topological polar surface area (TPSA) is 82.2 Å². The number of aliphatic hydroxyl groups excluding tert-OH is 1. The summed E-state index contributed by atoms with van der Waals surface area (Å²) in [6.07, 6.45) is 2.25. The molecule has 4 rings (SSSR count). The Balaban J connectivity index is 1.64. The maximum Gasteiger partial charge on any atom is 0.241 e. The van der Waals surface area contributed by atoms with Crippen molar-refractivity contribution in [3.63, 3.8) is 0 Å². The second-order valence-electron chi connectivity index (χ2n) is 6.54. The average Bonchev–Trinajstić information content (AvgIpc) is 3.10. The zero-order chi connectivity index (χ0) is 18.9. The van der Waals surface area contributed by atoms with E-state index < -0.39 is 16.1 Å². The summed E-state index contributed by atoms with van der Waals surface area (Å²) in [5, 5.41) is 12.3. The highest BCUT2D eigenvalue weighted by atomic mass is 32.2. The van der Waals surface area contributed by atoms with Crippen LogP contribution in [0.1, 0.15) is 5.56 Å². The molecule has 1 aromatic heterocycles. The first-order chi connectivity index (χ1) is 13.1. The van der Waals surface area contributed by atoms with E-state index in [9.17, 15) is 13.5 Å². The lowest BCUT2D eigenvalue weighted by molar-refractivity contribution is 0.256. The number of nitrogens with one attached hydrogen (secondary N) is 2. The van der Waals surface area contributed by atoms with Gasteiger partial charge in [-0.3, -0.25) is 0 Å². The van der Waals surface area contributed by atoms with Crippen LogP contribution in [0, 0.1) is 0 Å². The van der Waals surface area contributed by atoms with Crippen LogP contribution in [-0.2, 0) is 16.4 Å². The lowest BCUT2D eigenvalue weighted by Gasteiger charge is -2.17. The molecule has 0 unspecified atom stereocenters. The van der Waals surface area contributed by atoms with Gasteiger partial charge in [-0.1, -0.05) is 54.6 Å². The van der Waals surface area contributed by atoms with Gasteiger partial charge in [0.25, 0.3) is 0 Å². The lowest BCUT2D eigenvalue weighted by atomic mass is 10.1. The Labute approximate surface area is 157 Å². The number of para-hydroxylation sites is 1. The van der Waals surface area contributed by atoms with E-state index in [2.05, 4.69) is 9.71 Å². The largest absolute Gasteiger partial charge is 0.395 e. The predicted molar refractivity (Wildman–Crippen MR) is 107 cm³/mol. The monoisotopic (exact) mass is 380 g/mol. The van der Waals surface area contributed by atoms with Crippen LogP contribution in [0.4, 0.5) is 0 Å². The highest BCUT2D eigenvalue weighted by Crippen LogP contribution is 2.24. The number of hydrogen-bond acceptors (Lipinski definition) is 3. The summed E-state index contributed by atoms with van der Waals surface area (Å²) in [4.78, 5) is 3.40. The van der Waals surface area contributed by atoms with Gasteiger partial charge in [0.2, 0.25) is 10.0 Å². The van der Waals surface area contributed by atoms with Gasteiger partial charge < -0.3 is 10.1 Å². The second kappa shape index (κ2) is 7.15. The smallest absolute Gasteiger partial charge is 0.241 e. The molecule has 0 radical (unpaired) electrons. The number of rotatable bonds is 6. The molecule has 0 fully saturated rings. The van der Waals surface area contributed by atoms with Crippen molar-refractivity contribution in [3.8, 4) is 0 Å². The summed E-state index contributed by atoms with van der Waals surface area (Å²) in [6, 6.07) is 19.8. The summed E-state index contributed by atoms with van der Waals surface area (Å²) in [5.41, 5.74) is 1.95. The molecular weight excluding hydrogens is 360 g/mol. The molecule has 1 heterocycles. The average molecular weight is 380 g/mol. The Morgan fingerprint density at radius 3 is 2.44 bits per heavy atom. The quantitative estimate of drug-likeness (QED) is 0.480. The molecular formula is C21H20N2O3S. The maximum absolute atomic E-state index is 13.0. The van der Waals surface area contributed by atoms with Gasteiger partial charge in [0, 0.05) is 28.5 Å². The maximum atomic E-state index is 13.0. The van der Waals surface area contributed by atoms with Crippen LogP contribution in [0.15, 0.2) is 77.8 Å². The highest BCUT2D eigenvalue weighted by molar-refractivity contribution is 7.89. The normalized spacial score (nSPS) is 13.2. The number of sulfonamides is 1. The van der Waals surface area contributed by atoms with Crippen LogP contribution in [0.2, 0.25) is 0 Å². The van der Waals surface area contributed by atoms with Crippen molar-refractivity contribution in [2.24, 2.45) is 0 Å². The second-order valence-corrected chi connectivity index (χ2v) is 8.22. The van der Waals surface area contributed by atoms with E-state index in [4.69, 9.17) is 0 Å². The standard InChI is InChI=1S/C21H20N2O3S/c24-14-17(12-16-13-22-20-10-4-3-8-18(16)20)23-27(25,26)21-11-5-7-15-6-1-2-9-19(15)21/h1-11,13,17,22-24H,12,14H2/t17-/m0/s1. The van der Waals surface area contributed by atoms with Crippen molar-refractivity contribution < 1.29 is 13.5 Å². The molecule has 0 saturated heterocycles. The molecule has 0 amide bonds. The van der Waals surface area contributed by atoms with Crippen molar-refractivity contribution in [2.75, 3.05) is 6.61 Å². The van der Waals surface area contributed by atoms with Crippen LogP contribution in [0.3, 0.4) is 0 Å². The van der Waals surface area contributed by atoms with Gasteiger partial charge in [0.1, 0.15) is 0 Å². The summed E-state index contributed by atoms with van der Waals surface area (Å²) in [6.45, 7) is -0.288. The first-order valence-electron chi connectivity index (χ1n) is 8.74. The molecule has 0 bridgehead atoms. The first-order valence-corrected chi connectivity index (χ1v) is 10.2. The van der Waals surface area contributed by atoms with Gasteiger partial charge in [-0.2, -0.15) is 0 Å². The van der Waals surface area contributed by atoms with Crippen LogP contribution in [-0.4, -0.2) is 31.2 Å². The molecule has 4 aromatic rings. The van der Waals surface area contributed by atoms with E-state index in [0.29, 0.717) is 11.8 Å². The fourth-order valence-electron chi connectivity index (χ4n) is 3.42. The van der Waals surface area contributed by atoms with Crippen molar-refractivity contribution in [1.82, 2.24) is 9.71 Å². The highest BCUT2D eigenvalue weighted by Gasteiger charge is 2.22. The van der Waals surface area contributed by atoms with E-state index in [-0.39, 0.29) is 11.5 Å². The number of aromatic amines is 1. The van der Waals surface area contributed by atoms with Gasteiger partial charge in [0.15, 0.2) is 0 Å². The fourth-order valence-corrected chi connectivity index (χ4v) is 4.88. The van der Waals surface area contributed by atoms with Gasteiger partial charge in [-0.05, 0) is 29.5 Å². The van der Waals surface area contributed by atoms with E-state index in [0.717, 1.165) is 21.9 Å². The van der Waals surface area contributed by atoms with Gasteiger partial charge in [-0.15, -0.1) is 0 Å². The number of aliphatic hydroxyl groups is 1. The molecule has 27 heavy (non-hydrogen) atoms. The number of aromatic nitrogens is 1. The Bertz CT molecular complexity index is 1190. The predicted octanol–water partition coefficient (Wildman–Crippen LogP) is 3.20. The minimum Gasteiger partial charge on any atom is -0.395 e. The third-order valence-electron chi connectivity index (χ3n) is 4.72. The molecule has 0 aliphatic rings. The van der Waals surface area contributed by atoms with Crippen LogP contribution < -0.4 is 4.72 Å². The Hall–Kier alpha value is -2.67. The van der Waals surface area contributed by atoms with Crippen LogP contribution in [0.5, 0.6) is 0 Å². The van der Waals surface area contributed by atoms with Crippen molar-refractivity contribution >= 4 is 31.7 Å². The molecule has 0 aliphatic carbocycles. The van der Waals surface area contributed by atoms with Gasteiger partial charge in [0.05, 0.1) is 11.5 Å². The summed E-state index contributed by atoms with van der Waals surface area (Å²) in [7, 11) is -3.77. The van der Waals surface area contributed by atoms with Crippen LogP contribution >= 0.6 is 0 Å². The minimum atomic E-state index is -3.77. The number of H-pyrrole nitrogens is 1. The summed E-state index contributed by atoms with van der Waals surface area (Å²) in [5.74, 6) is 0. The molecule has 5 nitrogen and oxygen atoms in total. The molecule has 1 atom stereocenters. The van der Waals surface area contributed by atoms with E-state index in [1.165, 1.54) is 0 Å². The summed E-state index contributed by atoms with van der Waals surface area (Å²) < 4.78 is 28.6. The van der Waals surface area contributed by atoms with Gasteiger partial charge in [-0.25, -0.2) is 13.1 Å². The lowest BCUT2D eigenvalue weighted by Crippen LogP contribution is -2.39. The number of benzene rings is 3. The minimum absolute atomic E-state index is 0.220. The molecule has 138 valence electrons. The van der Waals surface area contributed by atoms with E-state index in [1.807, 2.05) is 54.7 Å². The van der Waals surface area contributed by atoms with E-state index in [1.54, 1.807) is 18.2 Å². The van der Waals surface area contributed by atoms with Crippen molar-refractivity contribution in [3.05, 3.63) is 78.5 Å². The fraction of sp³-hybridized carbons (Fsp3) is 0.143. The van der Waals surface area contributed by atoms with E-state index >= 15 is 0 Å². The number of fused-ring (bicyclic) bond motifs is 2. The van der Waals surface area contributed by atoms with Crippen LogP contribution in [0.25, 0.3) is 21.7 Å². The Morgan fingerprint density at radius 2 is 1.63 bits per heavy atom. The molecule has 0 saturated carbocycles. The molecule has 0 spiro atoms. The van der Waals surface area contributed by atoms with Crippen molar-refractivity contribution in [2.45, 2.75) is 17.4 Å². The third-order valence-corrected chi connectivity index (χ3v) is 6.30. The molecule has 3 N–H and O–H groups in total. The van der Waals surface area contributed by atoms with Crippen molar-refractivity contribution in [1.29, 1.82) is 0 Å². The SMILES string of the molecule is O=S(=O)(N[C@H](CO)Cc1c[nH]c2ccccc12)c1cccc2ccccc12. The molecule has 6 heteroatoms. The molecule has 0 aliphatic heterocycles.